The van der Waals surface area contributed by atoms with Gasteiger partial charge in [0.05, 0.1) is 12.2 Å². The highest BCUT2D eigenvalue weighted by Crippen LogP contribution is 2.20. The van der Waals surface area contributed by atoms with E-state index in [9.17, 15) is 13.6 Å². The first kappa shape index (κ1) is 13.4. The Labute approximate surface area is 119 Å². The molecule has 21 heavy (non-hydrogen) atoms. The molecule has 0 spiro atoms. The molecule has 2 aromatic rings. The summed E-state index contributed by atoms with van der Waals surface area (Å²) in [6.45, 7) is 0.729. The van der Waals surface area contributed by atoms with Gasteiger partial charge in [-0.1, -0.05) is 6.07 Å². The minimum absolute atomic E-state index is 0.000449. The molecule has 3 rings (SSSR count). The SMILES string of the molecule is O=C(c1c(F)cccc1F)N1CC(Nc2cnccn2)C1. The number of benzene rings is 1. The van der Waals surface area contributed by atoms with Crippen LogP contribution in [-0.4, -0.2) is 39.9 Å². The number of hydrogen-bond acceptors (Lipinski definition) is 4. The second-order valence-corrected chi connectivity index (χ2v) is 4.74. The Morgan fingerprint density at radius 2 is 1.95 bits per heavy atom. The normalized spacial score (nSPS) is 14.7. The summed E-state index contributed by atoms with van der Waals surface area (Å²) in [6.07, 6.45) is 4.68. The zero-order valence-electron chi connectivity index (χ0n) is 11.0. The minimum Gasteiger partial charge on any atom is -0.362 e. The third-order valence-corrected chi connectivity index (χ3v) is 3.26. The van der Waals surface area contributed by atoms with Crippen molar-refractivity contribution in [1.82, 2.24) is 14.9 Å². The van der Waals surface area contributed by atoms with Crippen molar-refractivity contribution in [2.75, 3.05) is 18.4 Å². The van der Waals surface area contributed by atoms with Crippen molar-refractivity contribution in [3.63, 3.8) is 0 Å². The minimum atomic E-state index is -0.842. The highest BCUT2D eigenvalue weighted by molar-refractivity contribution is 5.95. The lowest BCUT2D eigenvalue weighted by molar-refractivity contribution is 0.0614. The predicted octanol–water partition coefficient (Wildman–Crippen LogP) is 1.69. The van der Waals surface area contributed by atoms with Gasteiger partial charge in [-0.3, -0.25) is 9.78 Å². The number of aromatic nitrogens is 2. The third-order valence-electron chi connectivity index (χ3n) is 3.26. The van der Waals surface area contributed by atoms with E-state index in [1.165, 1.54) is 11.0 Å². The molecule has 0 radical (unpaired) electrons. The topological polar surface area (TPSA) is 58.1 Å². The van der Waals surface area contributed by atoms with Crippen LogP contribution in [0.15, 0.2) is 36.8 Å². The van der Waals surface area contributed by atoms with Crippen LogP contribution in [-0.2, 0) is 0 Å². The van der Waals surface area contributed by atoms with E-state index in [0.29, 0.717) is 18.9 Å². The lowest BCUT2D eigenvalue weighted by atomic mass is 10.1. The van der Waals surface area contributed by atoms with Crippen molar-refractivity contribution in [2.24, 2.45) is 0 Å². The van der Waals surface area contributed by atoms with E-state index in [-0.39, 0.29) is 6.04 Å². The molecule has 1 aromatic heterocycles. The van der Waals surface area contributed by atoms with Crippen LogP contribution in [0.2, 0.25) is 0 Å². The van der Waals surface area contributed by atoms with Gasteiger partial charge in [0.1, 0.15) is 23.0 Å². The standard InChI is InChI=1S/C14H12F2N4O/c15-10-2-1-3-11(16)13(10)14(21)20-7-9(8-20)19-12-6-17-4-5-18-12/h1-6,9H,7-8H2,(H,18,19). The van der Waals surface area contributed by atoms with Gasteiger partial charge in [-0.05, 0) is 12.1 Å². The smallest absolute Gasteiger partial charge is 0.259 e. The van der Waals surface area contributed by atoms with Crippen molar-refractivity contribution in [3.05, 3.63) is 54.0 Å². The van der Waals surface area contributed by atoms with E-state index in [1.807, 2.05) is 0 Å². The number of hydrogen-bond donors (Lipinski definition) is 1. The Kier molecular flexibility index (Phi) is 3.47. The average molecular weight is 290 g/mol. The molecule has 2 heterocycles. The molecule has 108 valence electrons. The first-order valence-electron chi connectivity index (χ1n) is 6.41. The van der Waals surface area contributed by atoms with Crippen LogP contribution in [0.3, 0.4) is 0 Å². The molecule has 1 fully saturated rings. The van der Waals surface area contributed by atoms with Crippen LogP contribution in [0.5, 0.6) is 0 Å². The highest BCUT2D eigenvalue weighted by Gasteiger charge is 2.33. The van der Waals surface area contributed by atoms with Gasteiger partial charge in [-0.2, -0.15) is 0 Å². The van der Waals surface area contributed by atoms with Crippen LogP contribution >= 0.6 is 0 Å². The molecule has 5 nitrogen and oxygen atoms in total. The summed E-state index contributed by atoms with van der Waals surface area (Å²) in [6, 6.07) is 3.38. The Balaban J connectivity index is 1.62. The van der Waals surface area contributed by atoms with Gasteiger partial charge < -0.3 is 10.2 Å². The monoisotopic (exact) mass is 290 g/mol. The Morgan fingerprint density at radius 3 is 2.57 bits per heavy atom. The van der Waals surface area contributed by atoms with E-state index < -0.39 is 23.1 Å². The summed E-state index contributed by atoms with van der Waals surface area (Å²) in [7, 11) is 0. The van der Waals surface area contributed by atoms with Gasteiger partial charge >= 0.3 is 0 Å². The lowest BCUT2D eigenvalue weighted by Crippen LogP contribution is -2.57. The molecular weight excluding hydrogens is 278 g/mol. The summed E-state index contributed by atoms with van der Waals surface area (Å²) in [5.74, 6) is -1.72. The largest absolute Gasteiger partial charge is 0.362 e. The van der Waals surface area contributed by atoms with Gasteiger partial charge in [-0.15, -0.1) is 0 Å². The van der Waals surface area contributed by atoms with Crippen LogP contribution in [0, 0.1) is 11.6 Å². The molecular formula is C14H12F2N4O. The molecule has 0 saturated carbocycles. The van der Waals surface area contributed by atoms with Crippen molar-refractivity contribution in [3.8, 4) is 0 Å². The van der Waals surface area contributed by atoms with Crippen molar-refractivity contribution in [1.29, 1.82) is 0 Å². The Morgan fingerprint density at radius 1 is 1.24 bits per heavy atom. The number of halogens is 2. The van der Waals surface area contributed by atoms with Crippen molar-refractivity contribution >= 4 is 11.7 Å². The van der Waals surface area contributed by atoms with E-state index >= 15 is 0 Å². The van der Waals surface area contributed by atoms with E-state index in [0.717, 1.165) is 12.1 Å². The summed E-state index contributed by atoms with van der Waals surface area (Å²) >= 11 is 0. The number of amides is 1. The quantitative estimate of drug-likeness (QED) is 0.934. The Hall–Kier alpha value is -2.57. The van der Waals surface area contributed by atoms with Gasteiger partial charge in [0.25, 0.3) is 5.91 Å². The number of nitrogens with zero attached hydrogens (tertiary/aromatic N) is 3. The molecule has 1 aliphatic heterocycles. The molecule has 0 atom stereocenters. The molecule has 1 N–H and O–H groups in total. The number of rotatable bonds is 3. The fraction of sp³-hybridized carbons (Fsp3) is 0.214. The van der Waals surface area contributed by atoms with Gasteiger partial charge in [0, 0.05) is 25.5 Å². The summed E-state index contributed by atoms with van der Waals surface area (Å²) < 4.78 is 27.1. The van der Waals surface area contributed by atoms with E-state index in [4.69, 9.17) is 0 Å². The third kappa shape index (κ3) is 2.67. The average Bonchev–Trinajstić information content (AvgIpc) is 2.43. The maximum Gasteiger partial charge on any atom is 0.259 e. The van der Waals surface area contributed by atoms with Gasteiger partial charge in [-0.25, -0.2) is 13.8 Å². The number of carbonyl (C=O) groups is 1. The number of anilines is 1. The molecule has 1 aliphatic rings. The van der Waals surface area contributed by atoms with Crippen LogP contribution in [0.25, 0.3) is 0 Å². The molecule has 7 heteroatoms. The molecule has 0 unspecified atom stereocenters. The molecule has 1 aromatic carbocycles. The first-order valence-corrected chi connectivity index (χ1v) is 6.41. The lowest BCUT2D eigenvalue weighted by Gasteiger charge is -2.39. The number of nitrogens with one attached hydrogen (secondary N) is 1. The Bertz CT molecular complexity index is 639. The summed E-state index contributed by atoms with van der Waals surface area (Å²) in [4.78, 5) is 21.4. The van der Waals surface area contributed by atoms with Crippen molar-refractivity contribution in [2.45, 2.75) is 6.04 Å². The predicted molar refractivity (Wildman–Crippen MR) is 71.7 cm³/mol. The summed E-state index contributed by atoms with van der Waals surface area (Å²) in [5, 5.41) is 3.09. The van der Waals surface area contributed by atoms with E-state index in [1.54, 1.807) is 18.6 Å². The maximum atomic E-state index is 13.5. The second-order valence-electron chi connectivity index (χ2n) is 4.74. The zero-order valence-corrected chi connectivity index (χ0v) is 11.0. The molecule has 0 bridgehead atoms. The second kappa shape index (κ2) is 5.43. The van der Waals surface area contributed by atoms with Gasteiger partial charge in [0.2, 0.25) is 0 Å². The van der Waals surface area contributed by atoms with Crippen LogP contribution in [0.1, 0.15) is 10.4 Å². The molecule has 1 saturated heterocycles. The van der Waals surface area contributed by atoms with Crippen molar-refractivity contribution < 1.29 is 13.6 Å². The highest BCUT2D eigenvalue weighted by atomic mass is 19.1. The summed E-state index contributed by atoms with van der Waals surface area (Å²) in [5.41, 5.74) is -0.504. The fourth-order valence-corrected chi connectivity index (χ4v) is 2.18. The zero-order chi connectivity index (χ0) is 14.8. The first-order chi connectivity index (χ1) is 10.1. The van der Waals surface area contributed by atoms with Crippen LogP contribution < -0.4 is 5.32 Å². The number of carbonyl (C=O) groups excluding carboxylic acids is 1. The number of likely N-dealkylation sites (tertiary alicyclic amines) is 1. The van der Waals surface area contributed by atoms with E-state index in [2.05, 4.69) is 15.3 Å². The fourth-order valence-electron chi connectivity index (χ4n) is 2.18. The maximum absolute atomic E-state index is 13.5. The van der Waals surface area contributed by atoms with Crippen LogP contribution in [0.4, 0.5) is 14.6 Å². The molecule has 0 aliphatic carbocycles. The van der Waals surface area contributed by atoms with Gasteiger partial charge in [0.15, 0.2) is 0 Å². The molecule has 1 amide bonds.